The lowest BCUT2D eigenvalue weighted by Crippen LogP contribution is -2.54. The van der Waals surface area contributed by atoms with Gasteiger partial charge in [-0.2, -0.15) is 26.3 Å². The Morgan fingerprint density at radius 1 is 0.606 bits per heavy atom. The number of halogens is 6. The zero-order valence-corrected chi connectivity index (χ0v) is 21.1. The van der Waals surface area contributed by atoms with Crippen LogP contribution in [0.2, 0.25) is 39.3 Å². The largest absolute Gasteiger partial charge is 0.506 e. The van der Waals surface area contributed by atoms with E-state index in [1.807, 2.05) is 0 Å². The Hall–Kier alpha value is -2.35. The Kier molecular flexibility index (Phi) is 6.89. The molecule has 0 amide bonds. The summed E-state index contributed by atoms with van der Waals surface area (Å²) in [5.74, 6) is -0.905. The summed E-state index contributed by atoms with van der Waals surface area (Å²) in [5, 5.41) is 20.2. The number of alkyl halides is 6. The van der Waals surface area contributed by atoms with Crippen LogP contribution in [0.25, 0.3) is 0 Å². The number of benzene rings is 2. The first-order valence-electron chi connectivity index (χ1n) is 10.1. The molecule has 0 saturated heterocycles. The van der Waals surface area contributed by atoms with Crippen molar-refractivity contribution in [2.75, 3.05) is 9.96 Å². The van der Waals surface area contributed by atoms with Gasteiger partial charge in [0.2, 0.25) is 5.41 Å². The molecule has 2 aromatic rings. The molecule has 0 aliphatic heterocycles. The van der Waals surface area contributed by atoms with E-state index in [9.17, 15) is 36.6 Å². The molecule has 4 nitrogen and oxygen atoms in total. The van der Waals surface area contributed by atoms with E-state index in [1.54, 1.807) is 39.3 Å². The molecule has 2 aromatic carbocycles. The Balaban J connectivity index is 2.92. The number of phenolic OH excluding ortho intramolecular Hbond substituents is 2. The average molecular weight is 511 g/mol. The first-order valence-corrected chi connectivity index (χ1v) is 17.1. The Morgan fingerprint density at radius 2 is 0.909 bits per heavy atom. The summed E-state index contributed by atoms with van der Waals surface area (Å²) in [5.41, 5.74) is -6.99. The molecule has 2 rings (SSSR count). The second kappa shape index (κ2) is 8.46. The maximum Gasteiger partial charge on any atom is 0.411 e. The molecule has 4 N–H and O–H groups in total. The minimum absolute atomic E-state index is 0.205. The maximum atomic E-state index is 14.5. The normalized spacial score (nSPS) is 13.7. The number of hydrogen-bond donors (Lipinski definition) is 4. The van der Waals surface area contributed by atoms with Gasteiger partial charge in [-0.3, -0.25) is 0 Å². The van der Waals surface area contributed by atoms with Gasteiger partial charge in [0.15, 0.2) is 0 Å². The first-order chi connectivity index (χ1) is 14.7. The number of phenols is 2. The van der Waals surface area contributed by atoms with Crippen molar-refractivity contribution in [1.29, 1.82) is 0 Å². The molecule has 33 heavy (non-hydrogen) atoms. The van der Waals surface area contributed by atoms with E-state index in [-0.39, 0.29) is 11.4 Å². The van der Waals surface area contributed by atoms with E-state index < -0.39 is 56.9 Å². The van der Waals surface area contributed by atoms with Crippen LogP contribution in [0.1, 0.15) is 11.1 Å². The summed E-state index contributed by atoms with van der Waals surface area (Å²) in [6.07, 6.45) is -11.6. The van der Waals surface area contributed by atoms with Crippen LogP contribution in [0.3, 0.4) is 0 Å². The standard InChI is InChI=1S/C21H28F6N2O2Si2/c1-32(2,3)28-15-11-13(7-9-17(15)30)19(20(22,23)24,21(25,26)27)14-8-10-18(31)16(12-14)29-33(4,5)6/h7-12,28-31H,1-6H3. The topological polar surface area (TPSA) is 64.5 Å². The van der Waals surface area contributed by atoms with Gasteiger partial charge in [-0.25, -0.2) is 0 Å². The van der Waals surface area contributed by atoms with Gasteiger partial charge in [0, 0.05) is 0 Å². The highest BCUT2D eigenvalue weighted by Crippen LogP contribution is 2.57. The van der Waals surface area contributed by atoms with Gasteiger partial charge < -0.3 is 20.2 Å². The maximum absolute atomic E-state index is 14.5. The molecule has 0 unspecified atom stereocenters. The van der Waals surface area contributed by atoms with Crippen molar-refractivity contribution in [3.05, 3.63) is 47.5 Å². The molecular weight excluding hydrogens is 482 g/mol. The number of anilines is 2. The van der Waals surface area contributed by atoms with Crippen molar-refractivity contribution in [2.45, 2.75) is 57.0 Å². The van der Waals surface area contributed by atoms with Gasteiger partial charge in [-0.15, -0.1) is 0 Å². The number of rotatable bonds is 6. The Labute approximate surface area is 190 Å². The first kappa shape index (κ1) is 26.9. The molecule has 0 heterocycles. The number of aromatic hydroxyl groups is 2. The lowest BCUT2D eigenvalue weighted by Gasteiger charge is -2.39. The summed E-state index contributed by atoms with van der Waals surface area (Å²) in [6, 6.07) is 4.31. The van der Waals surface area contributed by atoms with Crippen molar-refractivity contribution in [1.82, 2.24) is 0 Å². The predicted octanol–water partition coefficient (Wildman–Crippen LogP) is 7.00. The van der Waals surface area contributed by atoms with Crippen molar-refractivity contribution < 1.29 is 36.6 Å². The zero-order chi connectivity index (χ0) is 25.6. The summed E-state index contributed by atoms with van der Waals surface area (Å²) < 4.78 is 87.1. The zero-order valence-electron chi connectivity index (χ0n) is 19.1. The molecule has 0 atom stereocenters. The average Bonchev–Trinajstić information content (AvgIpc) is 2.56. The van der Waals surface area contributed by atoms with Crippen LogP contribution in [0, 0.1) is 0 Å². The van der Waals surface area contributed by atoms with Crippen LogP contribution < -0.4 is 9.96 Å². The van der Waals surface area contributed by atoms with Crippen LogP contribution in [-0.4, -0.2) is 39.0 Å². The van der Waals surface area contributed by atoms with E-state index in [2.05, 4.69) is 9.96 Å². The van der Waals surface area contributed by atoms with Crippen molar-refractivity contribution in [3.63, 3.8) is 0 Å². The molecule has 12 heteroatoms. The van der Waals surface area contributed by atoms with Crippen LogP contribution in [0.5, 0.6) is 11.5 Å². The molecular formula is C21H28F6N2O2Si2. The smallest absolute Gasteiger partial charge is 0.411 e. The van der Waals surface area contributed by atoms with Crippen LogP contribution in [-0.2, 0) is 5.41 Å². The molecule has 0 bridgehead atoms. The third-order valence-electron chi connectivity index (χ3n) is 4.73. The third-order valence-corrected chi connectivity index (χ3v) is 6.77. The van der Waals surface area contributed by atoms with Gasteiger partial charge in [0.1, 0.15) is 28.0 Å². The highest BCUT2D eigenvalue weighted by Gasteiger charge is 2.72. The van der Waals surface area contributed by atoms with Gasteiger partial charge in [0.05, 0.1) is 11.4 Å². The van der Waals surface area contributed by atoms with Gasteiger partial charge in [-0.1, -0.05) is 51.4 Å². The van der Waals surface area contributed by atoms with Gasteiger partial charge >= 0.3 is 12.4 Å². The monoisotopic (exact) mass is 510 g/mol. The summed E-state index contributed by atoms with van der Waals surface area (Å²) >= 11 is 0. The molecule has 0 aliphatic carbocycles. The second-order valence-corrected chi connectivity index (χ2v) is 19.5. The lowest BCUT2D eigenvalue weighted by atomic mass is 9.72. The summed E-state index contributed by atoms with van der Waals surface area (Å²) in [6.45, 7) is 10.7. The SMILES string of the molecule is C[Si](C)(C)Nc1cc(C(c2ccc(O)c(N[Si](C)(C)C)c2)(C(F)(F)F)C(F)(F)F)ccc1O. The number of nitrogens with one attached hydrogen (secondary N) is 2. The molecule has 0 aromatic heterocycles. The van der Waals surface area contributed by atoms with Crippen molar-refractivity contribution >= 4 is 27.8 Å². The predicted molar refractivity (Wildman–Crippen MR) is 123 cm³/mol. The fraction of sp³-hybridized carbons (Fsp3) is 0.429. The van der Waals surface area contributed by atoms with E-state index >= 15 is 0 Å². The summed E-state index contributed by atoms with van der Waals surface area (Å²) in [4.78, 5) is 5.75. The highest BCUT2D eigenvalue weighted by atomic mass is 28.3. The fourth-order valence-electron chi connectivity index (χ4n) is 3.53. The lowest BCUT2D eigenvalue weighted by molar-refractivity contribution is -0.288. The Bertz CT molecular complexity index is 930. The van der Waals surface area contributed by atoms with Crippen LogP contribution in [0.15, 0.2) is 36.4 Å². The molecule has 0 spiro atoms. The van der Waals surface area contributed by atoms with E-state index in [0.717, 1.165) is 12.1 Å². The van der Waals surface area contributed by atoms with Crippen molar-refractivity contribution in [3.8, 4) is 11.5 Å². The van der Waals surface area contributed by atoms with E-state index in [1.165, 1.54) is 0 Å². The molecule has 0 radical (unpaired) electrons. The highest BCUT2D eigenvalue weighted by molar-refractivity contribution is 6.79. The van der Waals surface area contributed by atoms with Gasteiger partial charge in [-0.05, 0) is 35.4 Å². The quantitative estimate of drug-likeness (QED) is 0.192. The molecule has 0 saturated carbocycles. The second-order valence-electron chi connectivity index (χ2n) is 9.96. The minimum atomic E-state index is -5.79. The third kappa shape index (κ3) is 5.60. The van der Waals surface area contributed by atoms with Crippen molar-refractivity contribution in [2.24, 2.45) is 0 Å². The molecule has 0 aliphatic rings. The molecule has 0 fully saturated rings. The van der Waals surface area contributed by atoms with E-state index in [0.29, 0.717) is 24.3 Å². The van der Waals surface area contributed by atoms with E-state index in [4.69, 9.17) is 0 Å². The van der Waals surface area contributed by atoms with Gasteiger partial charge in [0.25, 0.3) is 0 Å². The molecule has 184 valence electrons. The Morgan fingerprint density at radius 3 is 1.15 bits per heavy atom. The summed E-state index contributed by atoms with van der Waals surface area (Å²) in [7, 11) is -4.47. The van der Waals surface area contributed by atoms with Crippen LogP contribution >= 0.6 is 0 Å². The fourth-order valence-corrected chi connectivity index (χ4v) is 5.55. The van der Waals surface area contributed by atoms with Crippen LogP contribution in [0.4, 0.5) is 37.7 Å². The minimum Gasteiger partial charge on any atom is -0.506 e. The number of hydrogen-bond acceptors (Lipinski definition) is 4.